The summed E-state index contributed by atoms with van der Waals surface area (Å²) in [4.78, 5) is 15.9. The zero-order valence-corrected chi connectivity index (χ0v) is 21.8. The number of sulfonamides is 1. The second kappa shape index (κ2) is 9.52. The number of alkyl halides is 1. The van der Waals surface area contributed by atoms with Gasteiger partial charge in [-0.25, -0.2) is 17.9 Å². The lowest BCUT2D eigenvalue weighted by Crippen LogP contribution is -2.51. The third kappa shape index (κ3) is 4.01. The maximum absolute atomic E-state index is 13.1. The molecule has 2 atom stereocenters. The lowest BCUT2D eigenvalue weighted by Gasteiger charge is -2.53. The SMILES string of the molecule is CC[C@@]12C=C(C(=O)OCCl)n3c4c(c5cc(S(=O)(=O)NCCCOC)ccc53)CCN(CCC1)[C@H]42. The zero-order valence-electron chi connectivity index (χ0n) is 20.2. The molecule has 1 aromatic carbocycles. The third-order valence-corrected chi connectivity index (χ3v) is 9.40. The van der Waals surface area contributed by atoms with E-state index in [-0.39, 0.29) is 22.4 Å². The largest absolute Gasteiger partial charge is 0.445 e. The number of hydrogen-bond donors (Lipinski definition) is 1. The summed E-state index contributed by atoms with van der Waals surface area (Å²) in [6.07, 6.45) is 6.47. The Hall–Kier alpha value is -1.91. The number of benzene rings is 1. The molecule has 0 aliphatic carbocycles. The average Bonchev–Trinajstić information content (AvgIpc) is 3.20. The standard InChI is InChI=1S/C25H32ClN3O5S/c1-3-25-9-4-11-28-12-8-18-19-14-17(35(31,32)27-10-5-13-33-2)6-7-20(19)29(22(18)23(25)28)21(15-25)24(30)34-16-26/h6-7,14-15,23,27H,3-5,8-13,16H2,1-2H3/t23-,25+/m1/s1. The molecule has 0 unspecified atom stereocenters. The van der Waals surface area contributed by atoms with Crippen molar-refractivity contribution in [2.24, 2.45) is 5.41 Å². The van der Waals surface area contributed by atoms with Gasteiger partial charge in [-0.15, -0.1) is 0 Å². The number of carbonyl (C=O) groups is 1. The number of nitrogens with zero attached hydrogens (tertiary/aromatic N) is 2. The van der Waals surface area contributed by atoms with Crippen molar-refractivity contribution in [3.05, 3.63) is 35.5 Å². The highest BCUT2D eigenvalue weighted by atomic mass is 35.5. The number of nitrogens with one attached hydrogen (secondary N) is 1. The van der Waals surface area contributed by atoms with Gasteiger partial charge in [-0.1, -0.05) is 18.5 Å². The number of fused-ring (bicyclic) bond motifs is 3. The van der Waals surface area contributed by atoms with Crippen LogP contribution in [-0.4, -0.2) is 63.3 Å². The highest BCUT2D eigenvalue weighted by Crippen LogP contribution is 2.57. The lowest BCUT2D eigenvalue weighted by molar-refractivity contribution is -0.135. The van der Waals surface area contributed by atoms with Crippen molar-refractivity contribution in [3.63, 3.8) is 0 Å². The first kappa shape index (κ1) is 24.8. The Morgan fingerprint density at radius 3 is 2.89 bits per heavy atom. The molecule has 0 radical (unpaired) electrons. The fraction of sp³-hybridized carbons (Fsp3) is 0.560. The second-order valence-corrected chi connectivity index (χ2v) is 11.6. The molecular formula is C25H32ClN3O5S. The summed E-state index contributed by atoms with van der Waals surface area (Å²) < 4.78 is 41.0. The molecule has 1 fully saturated rings. The molecule has 8 nitrogen and oxygen atoms in total. The molecule has 35 heavy (non-hydrogen) atoms. The van der Waals surface area contributed by atoms with Crippen LogP contribution in [0.25, 0.3) is 16.6 Å². The van der Waals surface area contributed by atoms with Crippen molar-refractivity contribution in [3.8, 4) is 0 Å². The fourth-order valence-corrected chi connectivity index (χ4v) is 7.45. The molecule has 4 heterocycles. The van der Waals surface area contributed by atoms with Gasteiger partial charge in [-0.05, 0) is 68.5 Å². The fourth-order valence-electron chi connectivity index (χ4n) is 6.25. The van der Waals surface area contributed by atoms with E-state index in [1.54, 1.807) is 19.2 Å². The van der Waals surface area contributed by atoms with E-state index in [0.29, 0.717) is 25.3 Å². The molecule has 0 bridgehead atoms. The summed E-state index contributed by atoms with van der Waals surface area (Å²) in [7, 11) is -2.08. The molecule has 1 saturated heterocycles. The highest BCUT2D eigenvalue weighted by Gasteiger charge is 2.51. The summed E-state index contributed by atoms with van der Waals surface area (Å²) in [5, 5.41) is 0.876. The van der Waals surface area contributed by atoms with Crippen LogP contribution in [0.2, 0.25) is 0 Å². The molecular weight excluding hydrogens is 490 g/mol. The lowest BCUT2D eigenvalue weighted by atomic mass is 9.66. The summed E-state index contributed by atoms with van der Waals surface area (Å²) in [6, 6.07) is 5.11. The van der Waals surface area contributed by atoms with Crippen molar-refractivity contribution >= 4 is 44.2 Å². The molecule has 1 aromatic heterocycles. The summed E-state index contributed by atoms with van der Waals surface area (Å²) in [5.41, 5.74) is 3.35. The van der Waals surface area contributed by atoms with Crippen molar-refractivity contribution in [2.45, 2.75) is 50.0 Å². The van der Waals surface area contributed by atoms with Gasteiger partial charge < -0.3 is 14.0 Å². The first-order valence-electron chi connectivity index (χ1n) is 12.2. The van der Waals surface area contributed by atoms with E-state index < -0.39 is 16.0 Å². The molecule has 2 aromatic rings. The molecule has 0 amide bonds. The molecule has 3 aliphatic rings. The quantitative estimate of drug-likeness (QED) is 0.308. The third-order valence-electron chi connectivity index (χ3n) is 7.84. The molecule has 10 heteroatoms. The number of carbonyl (C=O) groups excluding carboxylic acids is 1. The predicted octanol–water partition coefficient (Wildman–Crippen LogP) is 3.64. The van der Waals surface area contributed by atoms with Gasteiger partial charge in [0.2, 0.25) is 10.0 Å². The zero-order chi connectivity index (χ0) is 24.8. The number of esters is 1. The normalized spacial score (nSPS) is 23.7. The van der Waals surface area contributed by atoms with Gasteiger partial charge in [0.05, 0.1) is 16.5 Å². The Morgan fingerprint density at radius 2 is 2.14 bits per heavy atom. The van der Waals surface area contributed by atoms with Crippen LogP contribution < -0.4 is 4.72 Å². The van der Waals surface area contributed by atoms with Crippen molar-refractivity contribution in [1.29, 1.82) is 0 Å². The molecule has 1 N–H and O–H groups in total. The van der Waals surface area contributed by atoms with E-state index in [9.17, 15) is 13.2 Å². The van der Waals surface area contributed by atoms with Crippen LogP contribution in [0.3, 0.4) is 0 Å². The van der Waals surface area contributed by atoms with Crippen LogP contribution in [0.1, 0.15) is 49.9 Å². The van der Waals surface area contributed by atoms with E-state index in [1.165, 1.54) is 0 Å². The van der Waals surface area contributed by atoms with Crippen molar-refractivity contribution in [2.75, 3.05) is 39.4 Å². The molecule has 0 spiro atoms. The minimum Gasteiger partial charge on any atom is -0.445 e. The smallest absolute Gasteiger partial charge is 0.356 e. The number of rotatable bonds is 9. The monoisotopic (exact) mass is 521 g/mol. The van der Waals surface area contributed by atoms with E-state index in [4.69, 9.17) is 21.1 Å². The summed E-state index contributed by atoms with van der Waals surface area (Å²) >= 11 is 5.77. The number of methoxy groups -OCH3 is 1. The Bertz CT molecular complexity index is 1290. The number of ether oxygens (including phenoxy) is 2. The molecule has 3 aliphatic heterocycles. The minimum atomic E-state index is -3.67. The minimum absolute atomic E-state index is 0.150. The number of halogens is 1. The second-order valence-electron chi connectivity index (χ2n) is 9.57. The van der Waals surface area contributed by atoms with Crippen LogP contribution >= 0.6 is 11.6 Å². The Balaban J connectivity index is 1.67. The first-order valence-corrected chi connectivity index (χ1v) is 14.2. The first-order chi connectivity index (χ1) is 16.9. The van der Waals surface area contributed by atoms with Gasteiger partial charge >= 0.3 is 5.97 Å². The molecule has 0 saturated carbocycles. The van der Waals surface area contributed by atoms with Crippen LogP contribution in [-0.2, 0) is 30.7 Å². The maximum atomic E-state index is 13.1. The summed E-state index contributed by atoms with van der Waals surface area (Å²) in [5.74, 6) is -0.454. The van der Waals surface area contributed by atoms with Gasteiger partial charge in [0.25, 0.3) is 0 Å². The van der Waals surface area contributed by atoms with Crippen LogP contribution in [0, 0.1) is 5.41 Å². The van der Waals surface area contributed by atoms with Crippen LogP contribution in [0.15, 0.2) is 29.2 Å². The van der Waals surface area contributed by atoms with Crippen LogP contribution in [0.4, 0.5) is 0 Å². The maximum Gasteiger partial charge on any atom is 0.356 e. The van der Waals surface area contributed by atoms with Gasteiger partial charge in [-0.3, -0.25) is 4.90 Å². The van der Waals surface area contributed by atoms with E-state index >= 15 is 0 Å². The predicted molar refractivity (Wildman–Crippen MR) is 135 cm³/mol. The molecule has 190 valence electrons. The van der Waals surface area contributed by atoms with E-state index in [2.05, 4.69) is 22.6 Å². The van der Waals surface area contributed by atoms with Gasteiger partial charge in [0, 0.05) is 43.3 Å². The molecule has 5 rings (SSSR count). The Kier molecular flexibility index (Phi) is 6.74. The van der Waals surface area contributed by atoms with Gasteiger partial charge in [0.1, 0.15) is 5.70 Å². The Morgan fingerprint density at radius 1 is 1.31 bits per heavy atom. The Labute approximate surface area is 211 Å². The highest BCUT2D eigenvalue weighted by molar-refractivity contribution is 7.89. The van der Waals surface area contributed by atoms with Gasteiger partial charge in [-0.2, -0.15) is 0 Å². The van der Waals surface area contributed by atoms with Crippen molar-refractivity contribution < 1.29 is 22.7 Å². The van der Waals surface area contributed by atoms with E-state index in [0.717, 1.165) is 60.9 Å². The van der Waals surface area contributed by atoms with Crippen LogP contribution in [0.5, 0.6) is 0 Å². The number of hydrogen-bond acceptors (Lipinski definition) is 6. The van der Waals surface area contributed by atoms with E-state index in [1.807, 2.05) is 10.6 Å². The van der Waals surface area contributed by atoms with Crippen molar-refractivity contribution in [1.82, 2.24) is 14.2 Å². The number of aromatic nitrogens is 1. The number of piperidine rings is 1. The average molecular weight is 522 g/mol. The topological polar surface area (TPSA) is 89.9 Å². The summed E-state index contributed by atoms with van der Waals surface area (Å²) in [6.45, 7) is 4.91. The van der Waals surface area contributed by atoms with Gasteiger partial charge in [0.15, 0.2) is 6.07 Å².